The fourth-order valence-electron chi connectivity index (χ4n) is 2.05. The van der Waals surface area contributed by atoms with Gasteiger partial charge in [0.15, 0.2) is 0 Å². The Morgan fingerprint density at radius 2 is 2.45 bits per heavy atom. The van der Waals surface area contributed by atoms with Crippen molar-refractivity contribution >= 4 is 0 Å². The third kappa shape index (κ3) is 1.28. The molecule has 3 heteroatoms. The molecule has 2 aliphatic rings. The van der Waals surface area contributed by atoms with E-state index in [1.54, 1.807) is 0 Å². The summed E-state index contributed by atoms with van der Waals surface area (Å²) < 4.78 is 5.63. The van der Waals surface area contributed by atoms with Crippen LogP contribution in [0.25, 0.3) is 0 Å². The SMILES string of the molecule is CCN1CCO[C@@H]2CNC[C@@H]21. The van der Waals surface area contributed by atoms with Crippen molar-refractivity contribution in [2.75, 3.05) is 32.8 Å². The van der Waals surface area contributed by atoms with Gasteiger partial charge < -0.3 is 10.1 Å². The fourth-order valence-corrected chi connectivity index (χ4v) is 2.05. The summed E-state index contributed by atoms with van der Waals surface area (Å²) in [5, 5.41) is 3.36. The molecule has 0 saturated carbocycles. The minimum Gasteiger partial charge on any atom is -0.374 e. The molecule has 0 aromatic heterocycles. The average molecular weight is 156 g/mol. The summed E-state index contributed by atoms with van der Waals surface area (Å²) in [5.41, 5.74) is 0. The van der Waals surface area contributed by atoms with E-state index in [0.717, 1.165) is 32.8 Å². The number of morpholine rings is 1. The number of hydrogen-bond acceptors (Lipinski definition) is 3. The van der Waals surface area contributed by atoms with Gasteiger partial charge in [0.1, 0.15) is 0 Å². The van der Waals surface area contributed by atoms with Crippen LogP contribution >= 0.6 is 0 Å². The standard InChI is InChI=1S/C8H16N2O/c1-2-10-3-4-11-8-6-9-5-7(8)10/h7-9H,2-6H2,1H3/t7-,8+/m0/s1. The van der Waals surface area contributed by atoms with Crippen LogP contribution in [0.4, 0.5) is 0 Å². The zero-order valence-corrected chi connectivity index (χ0v) is 7.05. The van der Waals surface area contributed by atoms with Crippen molar-refractivity contribution in [2.24, 2.45) is 0 Å². The zero-order chi connectivity index (χ0) is 7.68. The summed E-state index contributed by atoms with van der Waals surface area (Å²) in [6.07, 6.45) is 0.462. The summed E-state index contributed by atoms with van der Waals surface area (Å²) in [4.78, 5) is 2.51. The van der Waals surface area contributed by atoms with E-state index in [9.17, 15) is 0 Å². The highest BCUT2D eigenvalue weighted by atomic mass is 16.5. The topological polar surface area (TPSA) is 24.5 Å². The van der Waals surface area contributed by atoms with Gasteiger partial charge in [-0.25, -0.2) is 0 Å². The minimum absolute atomic E-state index is 0.462. The normalized spacial score (nSPS) is 39.0. The third-order valence-electron chi connectivity index (χ3n) is 2.71. The van der Waals surface area contributed by atoms with E-state index in [1.807, 2.05) is 0 Å². The Morgan fingerprint density at radius 1 is 1.55 bits per heavy atom. The lowest BCUT2D eigenvalue weighted by molar-refractivity contribution is -0.0446. The Bertz CT molecular complexity index is 140. The van der Waals surface area contributed by atoms with Gasteiger partial charge >= 0.3 is 0 Å². The van der Waals surface area contributed by atoms with Crippen molar-refractivity contribution in [3.05, 3.63) is 0 Å². The second-order valence-corrected chi connectivity index (χ2v) is 3.26. The molecule has 0 aromatic carbocycles. The Hall–Kier alpha value is -0.120. The number of fused-ring (bicyclic) bond motifs is 1. The van der Waals surface area contributed by atoms with Gasteiger partial charge in [-0.05, 0) is 6.54 Å². The summed E-state index contributed by atoms with van der Waals surface area (Å²) in [6, 6.07) is 0.647. The molecule has 11 heavy (non-hydrogen) atoms. The van der Waals surface area contributed by atoms with Crippen LogP contribution in [0.5, 0.6) is 0 Å². The van der Waals surface area contributed by atoms with Gasteiger partial charge in [-0.1, -0.05) is 6.92 Å². The van der Waals surface area contributed by atoms with Crippen LogP contribution in [0.15, 0.2) is 0 Å². The first-order valence-electron chi connectivity index (χ1n) is 4.48. The first-order valence-corrected chi connectivity index (χ1v) is 4.48. The molecule has 3 nitrogen and oxygen atoms in total. The van der Waals surface area contributed by atoms with E-state index < -0.39 is 0 Å². The summed E-state index contributed by atoms with van der Waals surface area (Å²) in [6.45, 7) is 7.56. The number of ether oxygens (including phenoxy) is 1. The van der Waals surface area contributed by atoms with Gasteiger partial charge in [0.05, 0.1) is 12.7 Å². The molecule has 2 heterocycles. The number of hydrogen-bond donors (Lipinski definition) is 1. The number of nitrogens with one attached hydrogen (secondary N) is 1. The van der Waals surface area contributed by atoms with Gasteiger partial charge in [-0.2, -0.15) is 0 Å². The van der Waals surface area contributed by atoms with Gasteiger partial charge in [-0.15, -0.1) is 0 Å². The minimum atomic E-state index is 0.462. The lowest BCUT2D eigenvalue weighted by Gasteiger charge is -2.36. The van der Waals surface area contributed by atoms with Crippen molar-refractivity contribution < 1.29 is 4.74 Å². The van der Waals surface area contributed by atoms with E-state index in [-0.39, 0.29) is 0 Å². The summed E-state index contributed by atoms with van der Waals surface area (Å²) in [7, 11) is 0. The van der Waals surface area contributed by atoms with E-state index in [2.05, 4.69) is 17.1 Å². The largest absolute Gasteiger partial charge is 0.374 e. The van der Waals surface area contributed by atoms with Crippen LogP contribution in [0, 0.1) is 0 Å². The molecule has 0 aromatic rings. The van der Waals surface area contributed by atoms with Crippen LogP contribution in [-0.4, -0.2) is 49.8 Å². The molecule has 0 spiro atoms. The van der Waals surface area contributed by atoms with Gasteiger partial charge in [0, 0.05) is 25.7 Å². The molecule has 0 radical (unpaired) electrons. The highest BCUT2D eigenvalue weighted by molar-refractivity contribution is 4.91. The van der Waals surface area contributed by atoms with Crippen molar-refractivity contribution in [1.82, 2.24) is 10.2 Å². The summed E-state index contributed by atoms with van der Waals surface area (Å²) in [5.74, 6) is 0. The maximum atomic E-state index is 5.63. The highest BCUT2D eigenvalue weighted by Crippen LogP contribution is 2.16. The lowest BCUT2D eigenvalue weighted by Crippen LogP contribution is -2.50. The molecule has 0 bridgehead atoms. The molecule has 2 saturated heterocycles. The first kappa shape index (κ1) is 7.53. The van der Waals surface area contributed by atoms with Crippen molar-refractivity contribution in [2.45, 2.75) is 19.1 Å². The van der Waals surface area contributed by atoms with Gasteiger partial charge in [0.25, 0.3) is 0 Å². The monoisotopic (exact) mass is 156 g/mol. The van der Waals surface area contributed by atoms with Crippen molar-refractivity contribution in [3.63, 3.8) is 0 Å². The van der Waals surface area contributed by atoms with Crippen molar-refractivity contribution in [1.29, 1.82) is 0 Å². The molecule has 0 aliphatic carbocycles. The smallest absolute Gasteiger partial charge is 0.0867 e. The summed E-state index contributed by atoms with van der Waals surface area (Å²) >= 11 is 0. The number of rotatable bonds is 1. The van der Waals surface area contributed by atoms with E-state index in [0.29, 0.717) is 12.1 Å². The maximum absolute atomic E-state index is 5.63. The predicted molar refractivity (Wildman–Crippen MR) is 43.6 cm³/mol. The maximum Gasteiger partial charge on any atom is 0.0867 e. The highest BCUT2D eigenvalue weighted by Gasteiger charge is 2.34. The van der Waals surface area contributed by atoms with Crippen LogP contribution in [0.3, 0.4) is 0 Å². The average Bonchev–Trinajstić information content (AvgIpc) is 2.50. The Balaban J connectivity index is 2.00. The lowest BCUT2D eigenvalue weighted by atomic mass is 10.1. The van der Waals surface area contributed by atoms with E-state index in [1.165, 1.54) is 0 Å². The molecule has 0 amide bonds. The fraction of sp³-hybridized carbons (Fsp3) is 1.00. The quantitative estimate of drug-likeness (QED) is 0.563. The molecule has 64 valence electrons. The van der Waals surface area contributed by atoms with Gasteiger partial charge in [-0.3, -0.25) is 4.90 Å². The van der Waals surface area contributed by atoms with Crippen LogP contribution in [0.2, 0.25) is 0 Å². The van der Waals surface area contributed by atoms with Crippen molar-refractivity contribution in [3.8, 4) is 0 Å². The van der Waals surface area contributed by atoms with Gasteiger partial charge in [0.2, 0.25) is 0 Å². The molecule has 2 atom stereocenters. The van der Waals surface area contributed by atoms with E-state index >= 15 is 0 Å². The Morgan fingerprint density at radius 3 is 3.27 bits per heavy atom. The van der Waals surface area contributed by atoms with Crippen LogP contribution in [0.1, 0.15) is 6.92 Å². The van der Waals surface area contributed by atoms with Crippen LogP contribution < -0.4 is 5.32 Å². The molecule has 0 unspecified atom stereocenters. The molecule has 2 rings (SSSR count). The predicted octanol–water partition coefficient (Wildman–Crippen LogP) is -0.321. The molecular formula is C8H16N2O. The zero-order valence-electron chi connectivity index (χ0n) is 7.05. The Labute approximate surface area is 67.7 Å². The molecule has 2 aliphatic heterocycles. The second-order valence-electron chi connectivity index (χ2n) is 3.26. The number of likely N-dealkylation sites (N-methyl/N-ethyl adjacent to an activating group) is 1. The molecule has 2 fully saturated rings. The first-order chi connectivity index (χ1) is 5.42. The van der Waals surface area contributed by atoms with E-state index in [4.69, 9.17) is 4.74 Å². The van der Waals surface area contributed by atoms with Crippen LogP contribution in [-0.2, 0) is 4.74 Å². The number of nitrogens with zero attached hydrogens (tertiary/aromatic N) is 1. The third-order valence-corrected chi connectivity index (χ3v) is 2.71. The Kier molecular flexibility index (Phi) is 2.11. The molecule has 1 N–H and O–H groups in total. The molecular weight excluding hydrogens is 140 g/mol. The second kappa shape index (κ2) is 3.09.